The van der Waals surface area contributed by atoms with Gasteiger partial charge in [-0.15, -0.1) is 0 Å². The first-order chi connectivity index (χ1) is 15.6. The first-order valence-electron chi connectivity index (χ1n) is 9.88. The minimum Gasteiger partial charge on any atom is -0.496 e. The second-order valence-electron chi connectivity index (χ2n) is 6.76. The molecule has 0 aliphatic carbocycles. The minimum atomic E-state index is -0.218. The Morgan fingerprint density at radius 2 is 1.36 bits per heavy atom. The molecule has 0 heterocycles. The Balaban J connectivity index is 0.00000306. The summed E-state index contributed by atoms with van der Waals surface area (Å²) in [5.41, 5.74) is 0.229. The number of para-hydroxylation sites is 2. The molecule has 0 bridgehead atoms. The third-order valence-electron chi connectivity index (χ3n) is 4.57. The molecule has 0 radical (unpaired) electrons. The van der Waals surface area contributed by atoms with Crippen molar-refractivity contribution in [1.29, 1.82) is 0 Å². The summed E-state index contributed by atoms with van der Waals surface area (Å²) in [6, 6.07) is 29.5. The van der Waals surface area contributed by atoms with Crippen LogP contribution in [-0.4, -0.2) is 12.6 Å². The summed E-state index contributed by atoms with van der Waals surface area (Å²) in [6.45, 7) is 0. The van der Waals surface area contributed by atoms with E-state index in [1.165, 1.54) is 7.11 Å². The maximum atomic E-state index is 13.2. The maximum Gasteiger partial charge on any atom is 1.00 e. The van der Waals surface area contributed by atoms with Gasteiger partial charge in [0.1, 0.15) is 28.7 Å². The van der Waals surface area contributed by atoms with E-state index in [1.807, 2.05) is 72.8 Å². The minimum absolute atomic E-state index is 0. The number of ether oxygens (including phenoxy) is 3. The molecule has 0 amide bonds. The molecule has 7 heteroatoms. The van der Waals surface area contributed by atoms with Gasteiger partial charge in [0, 0.05) is 11.4 Å². The van der Waals surface area contributed by atoms with Gasteiger partial charge in [-0.05, 0) is 57.1 Å². The van der Waals surface area contributed by atoms with Gasteiger partial charge in [0.15, 0.2) is 5.52 Å². The van der Waals surface area contributed by atoms with Crippen molar-refractivity contribution in [3.05, 3.63) is 108 Å². The predicted octanol–water partition coefficient (Wildman–Crippen LogP) is 4.08. The van der Waals surface area contributed by atoms with Crippen LogP contribution >= 0.6 is 20.2 Å². The number of halogens is 1. The normalized spacial score (nSPS) is 10.5. The Morgan fingerprint density at radius 1 is 0.727 bits per heavy atom. The van der Waals surface area contributed by atoms with Gasteiger partial charge in [-0.2, -0.15) is 0 Å². The number of hydrogen-bond acceptors (Lipinski definition) is 4. The largest absolute Gasteiger partial charge is 1.00 e. The monoisotopic (exact) mass is 469 g/mol. The quantitative estimate of drug-likeness (QED) is 0.288. The van der Waals surface area contributed by atoms with Crippen molar-refractivity contribution in [2.24, 2.45) is 0 Å². The van der Waals surface area contributed by atoms with E-state index in [0.29, 0.717) is 39.3 Å². The molecule has 0 aliphatic rings. The Bertz CT molecular complexity index is 1220. The zero-order chi connectivity index (χ0) is 22.3. The van der Waals surface area contributed by atoms with Crippen molar-refractivity contribution < 1.29 is 37.9 Å². The molecular formula is C26H20ClLiO4P+. The van der Waals surface area contributed by atoms with Gasteiger partial charge < -0.3 is 14.2 Å². The first-order valence-corrected chi connectivity index (χ1v) is 11.3. The summed E-state index contributed by atoms with van der Waals surface area (Å²) in [4.78, 5) is 13.2. The Kier molecular flexibility index (Phi) is 9.01. The van der Waals surface area contributed by atoms with Gasteiger partial charge in [-0.3, -0.25) is 4.79 Å². The summed E-state index contributed by atoms with van der Waals surface area (Å²) in [6.07, 6.45) is 0. The van der Waals surface area contributed by atoms with Crippen molar-refractivity contribution in [3.8, 4) is 28.7 Å². The topological polar surface area (TPSA) is 44.8 Å². The number of carbonyl (C=O) groups is 1. The van der Waals surface area contributed by atoms with Gasteiger partial charge in [0.25, 0.3) is 0 Å². The standard InChI is InChI=1S/C26H20ClO4P.Li/c1-29-22-14-8-13-21(27)25(22)26(28)32-24-16-15-20(30-18-9-4-2-5-10-18)17-23(24)31-19-11-6-3-7-12-19;/h2-17,32H,1H3;/q;+1. The molecule has 4 aromatic rings. The average molecular weight is 470 g/mol. The van der Waals surface area contributed by atoms with Crippen molar-refractivity contribution in [2.45, 2.75) is 0 Å². The van der Waals surface area contributed by atoms with Gasteiger partial charge >= 0.3 is 18.9 Å². The van der Waals surface area contributed by atoms with Crippen LogP contribution in [0.1, 0.15) is 10.4 Å². The van der Waals surface area contributed by atoms with E-state index in [1.54, 1.807) is 24.3 Å². The molecule has 0 aromatic heterocycles. The molecule has 0 saturated carbocycles. The fourth-order valence-corrected chi connectivity index (χ4v) is 4.45. The van der Waals surface area contributed by atoms with E-state index in [4.69, 9.17) is 25.8 Å². The van der Waals surface area contributed by atoms with Crippen LogP contribution in [0.3, 0.4) is 0 Å². The zero-order valence-electron chi connectivity index (χ0n) is 18.2. The maximum absolute atomic E-state index is 13.2. The number of carbonyl (C=O) groups excluding carboxylic acids is 1. The van der Waals surface area contributed by atoms with Gasteiger partial charge in [0.2, 0.25) is 0 Å². The van der Waals surface area contributed by atoms with E-state index in [2.05, 4.69) is 0 Å². The molecule has 33 heavy (non-hydrogen) atoms. The van der Waals surface area contributed by atoms with Gasteiger partial charge in [-0.1, -0.05) is 54.1 Å². The molecule has 4 rings (SSSR count). The Morgan fingerprint density at radius 3 is 2.00 bits per heavy atom. The van der Waals surface area contributed by atoms with E-state index in [0.717, 1.165) is 5.30 Å². The van der Waals surface area contributed by atoms with Crippen LogP contribution < -0.4 is 38.4 Å². The smallest absolute Gasteiger partial charge is 0.496 e. The van der Waals surface area contributed by atoms with E-state index < -0.39 is 0 Å². The Hall–Kier alpha value is -2.73. The average Bonchev–Trinajstić information content (AvgIpc) is 2.81. The summed E-state index contributed by atoms with van der Waals surface area (Å²) >= 11 is 6.31. The zero-order valence-corrected chi connectivity index (χ0v) is 20.0. The van der Waals surface area contributed by atoms with Crippen molar-refractivity contribution in [3.63, 3.8) is 0 Å². The molecule has 0 spiro atoms. The molecule has 0 fully saturated rings. The van der Waals surface area contributed by atoms with Crippen LogP contribution in [0.2, 0.25) is 5.02 Å². The van der Waals surface area contributed by atoms with E-state index in [9.17, 15) is 4.79 Å². The second kappa shape index (κ2) is 11.9. The molecule has 160 valence electrons. The van der Waals surface area contributed by atoms with Gasteiger partial charge in [0.05, 0.1) is 17.7 Å². The fraction of sp³-hybridized carbons (Fsp3) is 0.0385. The SMILES string of the molecule is COc1cccc(Cl)c1C(=O)Pc1ccc(Oc2ccccc2)cc1Oc1ccccc1.[Li+]. The van der Waals surface area contributed by atoms with Crippen molar-refractivity contribution in [2.75, 3.05) is 7.11 Å². The molecule has 0 aliphatic heterocycles. The Labute approximate surface area is 211 Å². The third-order valence-corrected chi connectivity index (χ3v) is 6.05. The van der Waals surface area contributed by atoms with Crippen LogP contribution in [0.5, 0.6) is 28.7 Å². The number of rotatable bonds is 8. The molecule has 0 N–H and O–H groups in total. The van der Waals surface area contributed by atoms with Crippen LogP contribution in [0.4, 0.5) is 0 Å². The van der Waals surface area contributed by atoms with Crippen LogP contribution in [0.25, 0.3) is 0 Å². The van der Waals surface area contributed by atoms with Crippen molar-refractivity contribution in [1.82, 2.24) is 0 Å². The van der Waals surface area contributed by atoms with Gasteiger partial charge in [-0.25, -0.2) is 0 Å². The number of benzene rings is 4. The molecule has 0 saturated heterocycles. The summed E-state index contributed by atoms with van der Waals surface area (Å²) in [5, 5.41) is 1.10. The van der Waals surface area contributed by atoms with Crippen LogP contribution in [0.15, 0.2) is 97.1 Å². The predicted molar refractivity (Wildman–Crippen MR) is 130 cm³/mol. The fourth-order valence-electron chi connectivity index (χ4n) is 3.07. The number of methoxy groups -OCH3 is 1. The summed E-state index contributed by atoms with van der Waals surface area (Å²) in [5.74, 6) is 2.98. The second-order valence-corrected chi connectivity index (χ2v) is 8.41. The molecular weight excluding hydrogens is 450 g/mol. The molecule has 4 nitrogen and oxygen atoms in total. The molecule has 1 atom stereocenters. The van der Waals surface area contributed by atoms with Crippen LogP contribution in [0, 0.1) is 0 Å². The number of hydrogen-bond donors (Lipinski definition) is 0. The first kappa shape index (κ1) is 24.9. The van der Waals surface area contributed by atoms with E-state index >= 15 is 0 Å². The summed E-state index contributed by atoms with van der Waals surface area (Å²) in [7, 11) is 1.30. The van der Waals surface area contributed by atoms with E-state index in [-0.39, 0.29) is 33.0 Å². The third kappa shape index (κ3) is 6.41. The molecule has 1 unspecified atom stereocenters. The van der Waals surface area contributed by atoms with Crippen molar-refractivity contribution >= 4 is 31.0 Å². The summed E-state index contributed by atoms with van der Waals surface area (Å²) < 4.78 is 17.4. The molecule has 4 aromatic carbocycles. The van der Waals surface area contributed by atoms with Crippen LogP contribution in [-0.2, 0) is 0 Å².